The van der Waals surface area contributed by atoms with Crippen LogP contribution >= 0.6 is 0 Å². The maximum absolute atomic E-state index is 12.2. The number of ketones is 2. The second-order valence-corrected chi connectivity index (χ2v) is 8.16. The molecule has 0 aliphatic carbocycles. The Morgan fingerprint density at radius 3 is 1.56 bits per heavy atom. The van der Waals surface area contributed by atoms with Gasteiger partial charge in [0.25, 0.3) is 0 Å². The maximum atomic E-state index is 12.2. The lowest BCUT2D eigenvalue weighted by Crippen LogP contribution is -2.50. The smallest absolute Gasteiger partial charge is 0.355 e. The molecule has 0 saturated carbocycles. The van der Waals surface area contributed by atoms with E-state index in [1.165, 1.54) is 0 Å². The molecule has 106 valence electrons. The lowest BCUT2D eigenvalue weighted by Gasteiger charge is -2.32. The van der Waals surface area contributed by atoms with Crippen LogP contribution in [0.5, 0.6) is 0 Å². The first-order valence-electron chi connectivity index (χ1n) is 6.68. The third-order valence-electron chi connectivity index (χ3n) is 3.26. The molecule has 0 amide bonds. The van der Waals surface area contributed by atoms with Gasteiger partial charge in [0.05, 0.1) is 0 Å². The van der Waals surface area contributed by atoms with Gasteiger partial charge in [-0.15, -0.1) is 0 Å². The molecule has 0 aromatic heterocycles. The summed E-state index contributed by atoms with van der Waals surface area (Å²) < 4.78 is 11.0. The molecule has 5 heteroatoms. The fraction of sp³-hybridized carbons (Fsp3) is 0.846. The van der Waals surface area contributed by atoms with Gasteiger partial charge >= 0.3 is 8.56 Å². The van der Waals surface area contributed by atoms with Crippen LogP contribution in [0.4, 0.5) is 0 Å². The summed E-state index contributed by atoms with van der Waals surface area (Å²) in [7, 11) is 0.346. The minimum atomic E-state index is -2.75. The van der Waals surface area contributed by atoms with Crippen molar-refractivity contribution >= 4 is 20.1 Å². The van der Waals surface area contributed by atoms with Crippen molar-refractivity contribution in [2.24, 2.45) is 0 Å². The Hall–Kier alpha value is -0.523. The van der Waals surface area contributed by atoms with Gasteiger partial charge in [-0.3, -0.25) is 9.59 Å². The molecule has 18 heavy (non-hydrogen) atoms. The van der Waals surface area contributed by atoms with Crippen LogP contribution in [0.1, 0.15) is 46.5 Å². The number of carbonyl (C=O) groups excluding carboxylic acids is 2. The summed E-state index contributed by atoms with van der Waals surface area (Å²) >= 11 is 0. The number of Topliss-reactive ketones (excluding diaryl/α,β-unsaturated/α-hetero) is 2. The highest BCUT2D eigenvalue weighted by atomic mass is 28.4. The fourth-order valence-corrected chi connectivity index (χ4v) is 5.16. The monoisotopic (exact) mass is 274 g/mol. The predicted octanol–water partition coefficient (Wildman–Crippen LogP) is 2.85. The van der Waals surface area contributed by atoms with Crippen LogP contribution in [-0.2, 0) is 18.4 Å². The molecule has 0 fully saturated rings. The van der Waals surface area contributed by atoms with E-state index in [-0.39, 0.29) is 11.6 Å². The molecule has 0 spiro atoms. The molecule has 0 atom stereocenters. The zero-order valence-electron chi connectivity index (χ0n) is 12.2. The third-order valence-corrected chi connectivity index (χ3v) is 7.15. The summed E-state index contributed by atoms with van der Waals surface area (Å²) in [4.78, 5) is 24.5. The second-order valence-electron chi connectivity index (χ2n) is 4.44. The molecule has 0 N–H and O–H groups in total. The van der Waals surface area contributed by atoms with Crippen molar-refractivity contribution in [3.8, 4) is 0 Å². The average molecular weight is 274 g/mol. The molecule has 0 radical (unpaired) electrons. The van der Waals surface area contributed by atoms with E-state index < -0.39 is 14.1 Å². The van der Waals surface area contributed by atoms with E-state index in [2.05, 4.69) is 0 Å². The molecule has 0 bridgehead atoms. The molecule has 0 heterocycles. The van der Waals surface area contributed by atoms with Gasteiger partial charge in [-0.05, 0) is 18.9 Å². The SMILES string of the molecule is CCCC(=O)C(C(=O)CCC)[Si](CC)(OC)OC. The standard InChI is InChI=1S/C13H26O4Si/c1-6-9-11(14)13(12(15)10-7-2)18(8-3,16-4)17-5/h13H,6-10H2,1-5H3. The summed E-state index contributed by atoms with van der Waals surface area (Å²) in [5.41, 5.74) is -0.669. The highest BCUT2D eigenvalue weighted by Crippen LogP contribution is 2.31. The van der Waals surface area contributed by atoms with Crippen LogP contribution < -0.4 is 0 Å². The lowest BCUT2D eigenvalue weighted by molar-refractivity contribution is -0.128. The van der Waals surface area contributed by atoms with E-state index in [0.29, 0.717) is 18.9 Å². The second kappa shape index (κ2) is 8.56. The maximum Gasteiger partial charge on any atom is 0.355 e. The van der Waals surface area contributed by atoms with Crippen molar-refractivity contribution in [3.05, 3.63) is 0 Å². The molecule has 0 aliphatic heterocycles. The van der Waals surface area contributed by atoms with Crippen LogP contribution in [0.2, 0.25) is 11.6 Å². The number of carbonyl (C=O) groups is 2. The molecule has 0 saturated heterocycles. The van der Waals surface area contributed by atoms with E-state index in [9.17, 15) is 9.59 Å². The zero-order valence-corrected chi connectivity index (χ0v) is 13.2. The predicted molar refractivity (Wildman–Crippen MR) is 73.8 cm³/mol. The van der Waals surface area contributed by atoms with Crippen LogP contribution in [0.15, 0.2) is 0 Å². The summed E-state index contributed by atoms with van der Waals surface area (Å²) in [6.45, 7) is 5.80. The number of rotatable bonds is 10. The van der Waals surface area contributed by atoms with Crippen molar-refractivity contribution in [1.82, 2.24) is 0 Å². The van der Waals surface area contributed by atoms with Crippen LogP contribution in [0.3, 0.4) is 0 Å². The normalized spacial score (nSPS) is 11.9. The van der Waals surface area contributed by atoms with Crippen molar-refractivity contribution in [2.75, 3.05) is 14.2 Å². The number of hydrogen-bond acceptors (Lipinski definition) is 4. The van der Waals surface area contributed by atoms with Gasteiger partial charge in [-0.1, -0.05) is 20.8 Å². The number of hydrogen-bond donors (Lipinski definition) is 0. The van der Waals surface area contributed by atoms with E-state index in [1.807, 2.05) is 20.8 Å². The highest BCUT2D eigenvalue weighted by Gasteiger charge is 2.50. The Morgan fingerprint density at radius 2 is 1.33 bits per heavy atom. The van der Waals surface area contributed by atoms with Gasteiger partial charge < -0.3 is 8.85 Å². The molecule has 0 unspecified atom stereocenters. The summed E-state index contributed by atoms with van der Waals surface area (Å²) in [6, 6.07) is 0.607. The average Bonchev–Trinajstić information content (AvgIpc) is 2.36. The molecule has 0 aliphatic rings. The lowest BCUT2D eigenvalue weighted by atomic mass is 10.1. The Labute approximate surface area is 111 Å². The van der Waals surface area contributed by atoms with Crippen molar-refractivity contribution < 1.29 is 18.4 Å². The summed E-state index contributed by atoms with van der Waals surface area (Å²) in [6.07, 6.45) is 2.33. The fourth-order valence-electron chi connectivity index (χ4n) is 2.26. The van der Waals surface area contributed by atoms with Gasteiger partial charge in [0.2, 0.25) is 0 Å². The van der Waals surface area contributed by atoms with Crippen LogP contribution in [0.25, 0.3) is 0 Å². The Morgan fingerprint density at radius 1 is 0.944 bits per heavy atom. The molecular formula is C13H26O4Si. The highest BCUT2D eigenvalue weighted by molar-refractivity contribution is 6.76. The summed E-state index contributed by atoms with van der Waals surface area (Å²) in [5, 5.41) is 0. The first kappa shape index (κ1) is 17.5. The van der Waals surface area contributed by atoms with Gasteiger partial charge in [0.1, 0.15) is 17.1 Å². The molecular weight excluding hydrogens is 248 g/mol. The van der Waals surface area contributed by atoms with Crippen molar-refractivity contribution in [1.29, 1.82) is 0 Å². The molecule has 0 rings (SSSR count). The van der Waals surface area contributed by atoms with Crippen molar-refractivity contribution in [3.63, 3.8) is 0 Å². The minimum absolute atomic E-state index is 0.0202. The first-order chi connectivity index (χ1) is 8.52. The minimum Gasteiger partial charge on any atom is -0.397 e. The van der Waals surface area contributed by atoms with Crippen molar-refractivity contribution in [2.45, 2.75) is 58.0 Å². The van der Waals surface area contributed by atoms with E-state index in [0.717, 1.165) is 12.8 Å². The van der Waals surface area contributed by atoms with Crippen LogP contribution in [0, 0.1) is 0 Å². The molecule has 0 aromatic carbocycles. The molecule has 0 aromatic rings. The van der Waals surface area contributed by atoms with Crippen LogP contribution in [-0.4, -0.2) is 34.3 Å². The Balaban J connectivity index is 5.28. The van der Waals surface area contributed by atoms with Gasteiger partial charge in [-0.2, -0.15) is 0 Å². The Bertz CT molecular complexity index is 248. The van der Waals surface area contributed by atoms with E-state index in [4.69, 9.17) is 8.85 Å². The topological polar surface area (TPSA) is 52.6 Å². The van der Waals surface area contributed by atoms with Gasteiger partial charge in [-0.25, -0.2) is 0 Å². The zero-order chi connectivity index (χ0) is 14.2. The van der Waals surface area contributed by atoms with Gasteiger partial charge in [0, 0.05) is 27.1 Å². The van der Waals surface area contributed by atoms with E-state index in [1.54, 1.807) is 14.2 Å². The Kier molecular flexibility index (Phi) is 8.31. The van der Waals surface area contributed by atoms with Gasteiger partial charge in [0.15, 0.2) is 0 Å². The summed E-state index contributed by atoms with van der Waals surface area (Å²) in [5.74, 6) is -0.0404. The van der Waals surface area contributed by atoms with E-state index >= 15 is 0 Å². The first-order valence-corrected chi connectivity index (χ1v) is 8.78. The quantitative estimate of drug-likeness (QED) is 0.454. The molecule has 4 nitrogen and oxygen atoms in total. The third kappa shape index (κ3) is 4.00. The largest absolute Gasteiger partial charge is 0.397 e.